The highest BCUT2D eigenvalue weighted by Gasteiger charge is 2.42. The molecule has 3 aliphatic rings. The van der Waals surface area contributed by atoms with E-state index in [0.717, 1.165) is 28.2 Å². The molecule has 5 rings (SSSR count). The summed E-state index contributed by atoms with van der Waals surface area (Å²) in [5, 5.41) is 3.34. The van der Waals surface area contributed by atoms with E-state index in [9.17, 15) is 4.79 Å². The van der Waals surface area contributed by atoms with Gasteiger partial charge in [0.05, 0.1) is 8.66 Å². The summed E-state index contributed by atoms with van der Waals surface area (Å²) in [5.74, 6) is 0.643. The van der Waals surface area contributed by atoms with Crippen molar-refractivity contribution >= 4 is 33.2 Å². The molecular weight excluding hydrogens is 386 g/mol. The van der Waals surface area contributed by atoms with Crippen LogP contribution in [0.5, 0.6) is 0 Å². The van der Waals surface area contributed by atoms with E-state index in [4.69, 9.17) is 0 Å². The molecule has 1 N–H and O–H groups in total. The second kappa shape index (κ2) is 6.94. The summed E-state index contributed by atoms with van der Waals surface area (Å²) in [4.78, 5) is 20.2. The van der Waals surface area contributed by atoms with Crippen LogP contribution in [0.15, 0.2) is 40.4 Å². The fourth-order valence-electron chi connectivity index (χ4n) is 4.04. The van der Waals surface area contributed by atoms with E-state index in [1.807, 2.05) is 30.6 Å². The molecular formula is C18H20BrN3OS. The monoisotopic (exact) mass is 405 g/mol. The summed E-state index contributed by atoms with van der Waals surface area (Å²) in [6.45, 7) is 2.29. The minimum atomic E-state index is 0.0561. The summed E-state index contributed by atoms with van der Waals surface area (Å²) in [6, 6.07) is 8.54. The van der Waals surface area contributed by atoms with Gasteiger partial charge in [0, 0.05) is 24.5 Å². The molecule has 0 spiro atoms. The first-order valence-corrected chi connectivity index (χ1v) is 10.0. The molecule has 4 nitrogen and oxygen atoms in total. The van der Waals surface area contributed by atoms with Gasteiger partial charge in [0.1, 0.15) is 0 Å². The number of carbonyl (C=O) groups is 1. The van der Waals surface area contributed by atoms with Crippen molar-refractivity contribution in [2.75, 3.05) is 13.1 Å². The number of fused-ring (bicyclic) bond motifs is 3. The highest BCUT2D eigenvalue weighted by Crippen LogP contribution is 2.34. The molecule has 0 radical (unpaired) electrons. The molecule has 3 aliphatic heterocycles. The number of hydrogen-bond acceptors (Lipinski definition) is 4. The molecule has 0 unspecified atom stereocenters. The minimum absolute atomic E-state index is 0.0561. The normalized spacial score (nSPS) is 28.7. The number of piperidine rings is 3. The highest BCUT2D eigenvalue weighted by atomic mass is 79.9. The molecule has 2 atom stereocenters. The number of aromatic nitrogens is 1. The Morgan fingerprint density at radius 1 is 1.33 bits per heavy atom. The number of thiophene rings is 1. The lowest BCUT2D eigenvalue weighted by molar-refractivity contribution is 0.0137. The second-order valence-electron chi connectivity index (χ2n) is 6.61. The van der Waals surface area contributed by atoms with Crippen molar-refractivity contribution in [3.8, 4) is 0 Å². The Kier molecular flexibility index (Phi) is 4.70. The van der Waals surface area contributed by atoms with E-state index in [1.54, 1.807) is 0 Å². The molecule has 0 aliphatic carbocycles. The van der Waals surface area contributed by atoms with Crippen LogP contribution in [0.1, 0.15) is 28.1 Å². The van der Waals surface area contributed by atoms with Gasteiger partial charge in [-0.2, -0.15) is 0 Å². The van der Waals surface area contributed by atoms with E-state index in [1.165, 1.54) is 29.7 Å². The fraction of sp³-hybridized carbons (Fsp3) is 0.444. The van der Waals surface area contributed by atoms with Crippen molar-refractivity contribution in [1.82, 2.24) is 15.2 Å². The third kappa shape index (κ3) is 3.27. The minimum Gasteiger partial charge on any atom is -0.347 e. The molecule has 3 saturated heterocycles. The Morgan fingerprint density at radius 3 is 2.83 bits per heavy atom. The van der Waals surface area contributed by atoms with Gasteiger partial charge >= 0.3 is 0 Å². The number of amides is 1. The molecule has 0 saturated carbocycles. The summed E-state index contributed by atoms with van der Waals surface area (Å²) >= 11 is 4.93. The van der Waals surface area contributed by atoms with E-state index in [-0.39, 0.29) is 11.9 Å². The average molecular weight is 406 g/mol. The van der Waals surface area contributed by atoms with Crippen LogP contribution >= 0.6 is 27.3 Å². The molecule has 2 bridgehead atoms. The maximum absolute atomic E-state index is 12.6. The number of nitrogens with one attached hydrogen (secondary N) is 1. The maximum atomic E-state index is 12.6. The Bertz CT molecular complexity index is 712. The van der Waals surface area contributed by atoms with Crippen molar-refractivity contribution in [1.29, 1.82) is 0 Å². The first-order valence-electron chi connectivity index (χ1n) is 8.40. The highest BCUT2D eigenvalue weighted by molar-refractivity contribution is 9.11. The zero-order valence-electron chi connectivity index (χ0n) is 13.3. The lowest BCUT2D eigenvalue weighted by Crippen LogP contribution is -2.64. The van der Waals surface area contributed by atoms with Gasteiger partial charge < -0.3 is 5.32 Å². The summed E-state index contributed by atoms with van der Waals surface area (Å²) < 4.78 is 0.994. The van der Waals surface area contributed by atoms with Crippen LogP contribution in [-0.2, 0) is 6.42 Å². The number of pyridine rings is 1. The zero-order chi connectivity index (χ0) is 16.5. The molecule has 126 valence electrons. The quantitative estimate of drug-likeness (QED) is 0.847. The third-order valence-electron chi connectivity index (χ3n) is 5.23. The molecule has 2 aromatic heterocycles. The number of hydrogen-bond donors (Lipinski definition) is 1. The Morgan fingerprint density at radius 2 is 2.17 bits per heavy atom. The summed E-state index contributed by atoms with van der Waals surface area (Å²) in [6.07, 6.45) is 7.07. The molecule has 2 aromatic rings. The fourth-order valence-corrected chi connectivity index (χ4v) is 5.33. The molecule has 5 heterocycles. The van der Waals surface area contributed by atoms with Crippen LogP contribution in [0.4, 0.5) is 0 Å². The zero-order valence-corrected chi connectivity index (χ0v) is 15.7. The van der Waals surface area contributed by atoms with Gasteiger partial charge in [-0.1, -0.05) is 6.07 Å². The topological polar surface area (TPSA) is 45.2 Å². The van der Waals surface area contributed by atoms with Gasteiger partial charge in [-0.15, -0.1) is 11.3 Å². The van der Waals surface area contributed by atoms with Gasteiger partial charge in [-0.05, 0) is 78.0 Å². The lowest BCUT2D eigenvalue weighted by atomic mass is 9.77. The van der Waals surface area contributed by atoms with Crippen LogP contribution in [0.25, 0.3) is 0 Å². The second-order valence-corrected chi connectivity index (χ2v) is 9.07. The van der Waals surface area contributed by atoms with Gasteiger partial charge in [-0.25, -0.2) is 0 Å². The molecule has 3 fully saturated rings. The predicted molar refractivity (Wildman–Crippen MR) is 99.3 cm³/mol. The first kappa shape index (κ1) is 16.2. The van der Waals surface area contributed by atoms with Crippen molar-refractivity contribution in [2.45, 2.75) is 31.3 Å². The van der Waals surface area contributed by atoms with E-state index >= 15 is 0 Å². The number of halogens is 1. The number of carbonyl (C=O) groups excluding carboxylic acids is 1. The molecule has 6 heteroatoms. The standard InChI is InChI=1S/C18H20BrN3OS/c19-16-4-3-15(24-16)18(23)21-17-13-5-8-22(9-6-13)14(17)10-12-2-1-7-20-11-12/h1-4,7,11,13-14,17H,5-6,8-10H2,(H,21,23)/t14-,17+/m0/s1. The van der Waals surface area contributed by atoms with Gasteiger partial charge in [-0.3, -0.25) is 14.7 Å². The van der Waals surface area contributed by atoms with Gasteiger partial charge in [0.25, 0.3) is 5.91 Å². The number of nitrogens with zero attached hydrogens (tertiary/aromatic N) is 2. The van der Waals surface area contributed by atoms with Crippen LogP contribution in [0.3, 0.4) is 0 Å². The first-order chi connectivity index (χ1) is 11.7. The van der Waals surface area contributed by atoms with E-state index in [2.05, 4.69) is 37.2 Å². The van der Waals surface area contributed by atoms with E-state index in [0.29, 0.717) is 12.0 Å². The van der Waals surface area contributed by atoms with Crippen LogP contribution in [0.2, 0.25) is 0 Å². The number of rotatable bonds is 4. The summed E-state index contributed by atoms with van der Waals surface area (Å²) in [7, 11) is 0. The van der Waals surface area contributed by atoms with Crippen LogP contribution < -0.4 is 5.32 Å². The Balaban J connectivity index is 1.53. The van der Waals surface area contributed by atoms with Crippen molar-refractivity contribution in [3.05, 3.63) is 50.9 Å². The predicted octanol–water partition coefficient (Wildman–Crippen LogP) is 3.34. The smallest absolute Gasteiger partial charge is 0.261 e. The molecule has 24 heavy (non-hydrogen) atoms. The van der Waals surface area contributed by atoms with Crippen LogP contribution in [-0.4, -0.2) is 41.0 Å². The van der Waals surface area contributed by atoms with Crippen molar-refractivity contribution < 1.29 is 4.79 Å². The SMILES string of the molecule is O=C(N[C@@H]1C2CCN(CC2)[C@H]1Cc1cccnc1)c1ccc(Br)s1. The lowest BCUT2D eigenvalue weighted by Gasteiger charge is -2.51. The Hall–Kier alpha value is -1.24. The van der Waals surface area contributed by atoms with Crippen molar-refractivity contribution in [2.24, 2.45) is 5.92 Å². The van der Waals surface area contributed by atoms with Crippen molar-refractivity contribution in [3.63, 3.8) is 0 Å². The third-order valence-corrected chi connectivity index (χ3v) is 6.85. The van der Waals surface area contributed by atoms with Crippen LogP contribution in [0, 0.1) is 5.92 Å². The van der Waals surface area contributed by atoms with Gasteiger partial charge in [0.15, 0.2) is 0 Å². The van der Waals surface area contributed by atoms with Gasteiger partial charge in [0.2, 0.25) is 0 Å². The molecule has 0 aromatic carbocycles. The molecule has 1 amide bonds. The Labute approximate surface area is 154 Å². The largest absolute Gasteiger partial charge is 0.347 e. The van der Waals surface area contributed by atoms with E-state index < -0.39 is 0 Å². The average Bonchev–Trinajstić information content (AvgIpc) is 3.05. The summed E-state index contributed by atoms with van der Waals surface area (Å²) in [5.41, 5.74) is 1.24. The maximum Gasteiger partial charge on any atom is 0.261 e.